The van der Waals surface area contributed by atoms with Crippen molar-refractivity contribution in [2.24, 2.45) is 0 Å². The number of aromatic nitrogens is 1. The predicted octanol–water partition coefficient (Wildman–Crippen LogP) is 3.42. The molecule has 0 saturated heterocycles. The lowest BCUT2D eigenvalue weighted by atomic mass is 9.98. The molecule has 0 bridgehead atoms. The molecule has 2 aromatic rings. The minimum atomic E-state index is 0.784. The first-order chi connectivity index (χ1) is 10.2. The first-order valence-corrected chi connectivity index (χ1v) is 7.60. The molecule has 1 aliphatic rings. The van der Waals surface area contributed by atoms with Crippen molar-refractivity contribution < 1.29 is 9.47 Å². The number of methoxy groups -OCH3 is 2. The van der Waals surface area contributed by atoms with E-state index in [1.165, 1.54) is 16.8 Å². The second-order valence-electron chi connectivity index (χ2n) is 4.97. The van der Waals surface area contributed by atoms with Gasteiger partial charge in [0.15, 0.2) is 11.5 Å². The largest absolute Gasteiger partial charge is 0.493 e. The Kier molecular flexibility index (Phi) is 4.01. The van der Waals surface area contributed by atoms with E-state index in [0.717, 1.165) is 35.5 Å². The van der Waals surface area contributed by atoms with Gasteiger partial charge in [-0.2, -0.15) is 0 Å². The minimum absolute atomic E-state index is 0.784. The zero-order chi connectivity index (χ0) is 14.8. The number of nitrogens with zero attached hydrogens (tertiary/aromatic N) is 2. The Hall–Kier alpha value is -1.75. The number of fused-ring (bicyclic) bond motifs is 1. The number of halogens is 1. The van der Waals surface area contributed by atoms with Crippen LogP contribution in [0.4, 0.5) is 5.69 Å². The standard InChI is InChI=1S/C16H17BrN2O2/c1-20-15-7-11-4-6-19(10-12(11)8-16(15)21-2)14-3-5-18-9-13(14)17/h3,5,7-9H,4,6,10H2,1-2H3. The number of hydrogen-bond acceptors (Lipinski definition) is 4. The molecule has 0 aliphatic carbocycles. The van der Waals surface area contributed by atoms with E-state index in [0.29, 0.717) is 0 Å². The molecule has 1 aromatic carbocycles. The topological polar surface area (TPSA) is 34.6 Å². The van der Waals surface area contributed by atoms with Crippen molar-refractivity contribution in [3.05, 3.63) is 46.2 Å². The molecule has 110 valence electrons. The van der Waals surface area contributed by atoms with Gasteiger partial charge in [0.05, 0.1) is 24.4 Å². The van der Waals surface area contributed by atoms with Crippen molar-refractivity contribution in [3.63, 3.8) is 0 Å². The van der Waals surface area contributed by atoms with E-state index in [4.69, 9.17) is 9.47 Å². The van der Waals surface area contributed by atoms with Gasteiger partial charge in [0.25, 0.3) is 0 Å². The Morgan fingerprint density at radius 1 is 1.14 bits per heavy atom. The van der Waals surface area contributed by atoms with Crippen LogP contribution in [0.25, 0.3) is 0 Å². The van der Waals surface area contributed by atoms with Gasteiger partial charge >= 0.3 is 0 Å². The average molecular weight is 349 g/mol. The summed E-state index contributed by atoms with van der Waals surface area (Å²) in [5, 5.41) is 0. The molecule has 2 heterocycles. The Bertz CT molecular complexity index is 661. The number of ether oxygens (including phenoxy) is 2. The van der Waals surface area contributed by atoms with E-state index >= 15 is 0 Å². The van der Waals surface area contributed by atoms with Gasteiger partial charge in [-0.05, 0) is 51.7 Å². The zero-order valence-electron chi connectivity index (χ0n) is 12.1. The van der Waals surface area contributed by atoms with Gasteiger partial charge in [0, 0.05) is 25.5 Å². The third-order valence-corrected chi connectivity index (χ3v) is 4.42. The fourth-order valence-corrected chi connectivity index (χ4v) is 3.21. The van der Waals surface area contributed by atoms with E-state index < -0.39 is 0 Å². The fraction of sp³-hybridized carbons (Fsp3) is 0.312. The van der Waals surface area contributed by atoms with Crippen LogP contribution in [0.1, 0.15) is 11.1 Å². The van der Waals surface area contributed by atoms with Crippen molar-refractivity contribution >= 4 is 21.6 Å². The monoisotopic (exact) mass is 348 g/mol. The zero-order valence-corrected chi connectivity index (χ0v) is 13.7. The molecule has 1 aromatic heterocycles. The third kappa shape index (κ3) is 2.70. The molecule has 0 amide bonds. The summed E-state index contributed by atoms with van der Waals surface area (Å²) in [7, 11) is 3.34. The van der Waals surface area contributed by atoms with Crippen molar-refractivity contribution in [2.75, 3.05) is 25.7 Å². The first kappa shape index (κ1) is 14.2. The normalized spacial score (nSPS) is 13.8. The molecule has 0 N–H and O–H groups in total. The van der Waals surface area contributed by atoms with E-state index in [2.05, 4.69) is 37.9 Å². The molecule has 1 aliphatic heterocycles. The minimum Gasteiger partial charge on any atom is -0.493 e. The Morgan fingerprint density at radius 2 is 1.86 bits per heavy atom. The molecule has 5 heteroatoms. The SMILES string of the molecule is COc1cc2c(cc1OC)CN(c1ccncc1Br)CC2. The van der Waals surface area contributed by atoms with Crippen molar-refractivity contribution in [1.29, 1.82) is 0 Å². The molecule has 4 nitrogen and oxygen atoms in total. The summed E-state index contributed by atoms with van der Waals surface area (Å²) in [6.45, 7) is 1.84. The molecule has 3 rings (SSSR count). The van der Waals surface area contributed by atoms with E-state index in [9.17, 15) is 0 Å². The maximum atomic E-state index is 5.40. The number of benzene rings is 1. The first-order valence-electron chi connectivity index (χ1n) is 6.81. The number of anilines is 1. The highest BCUT2D eigenvalue weighted by molar-refractivity contribution is 9.10. The Morgan fingerprint density at radius 3 is 2.52 bits per heavy atom. The smallest absolute Gasteiger partial charge is 0.161 e. The highest BCUT2D eigenvalue weighted by atomic mass is 79.9. The van der Waals surface area contributed by atoms with Crippen LogP contribution in [0, 0.1) is 0 Å². The lowest BCUT2D eigenvalue weighted by Crippen LogP contribution is -2.30. The van der Waals surface area contributed by atoms with Gasteiger partial charge < -0.3 is 14.4 Å². The van der Waals surface area contributed by atoms with Gasteiger partial charge in [-0.25, -0.2) is 0 Å². The second kappa shape index (κ2) is 5.93. The molecule has 0 atom stereocenters. The number of hydrogen-bond donors (Lipinski definition) is 0. The maximum absolute atomic E-state index is 5.40. The second-order valence-corrected chi connectivity index (χ2v) is 5.83. The summed E-state index contributed by atoms with van der Waals surface area (Å²) >= 11 is 3.57. The maximum Gasteiger partial charge on any atom is 0.161 e. The summed E-state index contributed by atoms with van der Waals surface area (Å²) in [5.74, 6) is 1.58. The van der Waals surface area contributed by atoms with Crippen LogP contribution in [0.3, 0.4) is 0 Å². The molecular weight excluding hydrogens is 332 g/mol. The molecule has 0 radical (unpaired) electrons. The van der Waals surface area contributed by atoms with Crippen molar-refractivity contribution in [3.8, 4) is 11.5 Å². The Balaban J connectivity index is 1.93. The molecular formula is C16H17BrN2O2. The van der Waals surface area contributed by atoms with Crippen molar-refractivity contribution in [2.45, 2.75) is 13.0 Å². The molecule has 0 spiro atoms. The summed E-state index contributed by atoms with van der Waals surface area (Å²) in [4.78, 5) is 6.47. The van der Waals surface area contributed by atoms with Crippen LogP contribution < -0.4 is 14.4 Å². The average Bonchev–Trinajstić information content (AvgIpc) is 2.53. The van der Waals surface area contributed by atoms with E-state index in [1.807, 2.05) is 18.5 Å². The fourth-order valence-electron chi connectivity index (χ4n) is 2.71. The van der Waals surface area contributed by atoms with Crippen molar-refractivity contribution in [1.82, 2.24) is 4.98 Å². The Labute approximate surface area is 132 Å². The van der Waals surface area contributed by atoms with Gasteiger partial charge in [0.2, 0.25) is 0 Å². The van der Waals surface area contributed by atoms with Gasteiger partial charge in [-0.3, -0.25) is 4.98 Å². The molecule has 0 fully saturated rings. The van der Waals surface area contributed by atoms with Crippen LogP contribution in [-0.2, 0) is 13.0 Å². The summed E-state index contributed by atoms with van der Waals surface area (Å²) in [6, 6.07) is 6.21. The third-order valence-electron chi connectivity index (χ3n) is 3.81. The van der Waals surface area contributed by atoms with Gasteiger partial charge in [-0.15, -0.1) is 0 Å². The highest BCUT2D eigenvalue weighted by Gasteiger charge is 2.20. The molecule has 21 heavy (non-hydrogen) atoms. The summed E-state index contributed by atoms with van der Waals surface area (Å²) in [5.41, 5.74) is 3.78. The van der Waals surface area contributed by atoms with Gasteiger partial charge in [-0.1, -0.05) is 0 Å². The number of pyridine rings is 1. The van der Waals surface area contributed by atoms with E-state index in [1.54, 1.807) is 14.2 Å². The van der Waals surface area contributed by atoms with Crippen LogP contribution in [0.15, 0.2) is 35.1 Å². The quantitative estimate of drug-likeness (QED) is 0.851. The van der Waals surface area contributed by atoms with Crippen LogP contribution >= 0.6 is 15.9 Å². The van der Waals surface area contributed by atoms with Gasteiger partial charge in [0.1, 0.15) is 0 Å². The lowest BCUT2D eigenvalue weighted by molar-refractivity contribution is 0.353. The number of rotatable bonds is 3. The predicted molar refractivity (Wildman–Crippen MR) is 86.2 cm³/mol. The summed E-state index contributed by atoms with van der Waals surface area (Å²) < 4.78 is 11.8. The lowest BCUT2D eigenvalue weighted by Gasteiger charge is -2.31. The molecule has 0 saturated carbocycles. The summed E-state index contributed by atoms with van der Waals surface area (Å²) in [6.07, 6.45) is 4.65. The van der Waals surface area contributed by atoms with Crippen LogP contribution in [0.2, 0.25) is 0 Å². The molecule has 0 unspecified atom stereocenters. The van der Waals surface area contributed by atoms with Crippen LogP contribution in [-0.4, -0.2) is 25.7 Å². The highest BCUT2D eigenvalue weighted by Crippen LogP contribution is 2.35. The van der Waals surface area contributed by atoms with Crippen LogP contribution in [0.5, 0.6) is 11.5 Å². The van der Waals surface area contributed by atoms with E-state index in [-0.39, 0.29) is 0 Å².